The third-order valence-corrected chi connectivity index (χ3v) is 2.65. The van der Waals surface area contributed by atoms with Crippen molar-refractivity contribution in [1.82, 2.24) is 5.32 Å². The van der Waals surface area contributed by atoms with Gasteiger partial charge in [0.05, 0.1) is 5.56 Å². The Morgan fingerprint density at radius 3 is 2.82 bits per heavy atom. The van der Waals surface area contributed by atoms with Crippen LogP contribution in [0.1, 0.15) is 23.7 Å². The van der Waals surface area contributed by atoms with Gasteiger partial charge >= 0.3 is 0 Å². The summed E-state index contributed by atoms with van der Waals surface area (Å²) in [5.41, 5.74) is 6.73. The predicted molar refractivity (Wildman–Crippen MR) is 77.5 cm³/mol. The maximum Gasteiger partial charge on any atom is 0.253 e. The molecule has 0 aliphatic rings. The summed E-state index contributed by atoms with van der Waals surface area (Å²) in [6.07, 6.45) is 2.51. The Labute approximate surface area is 116 Å². The summed E-state index contributed by atoms with van der Waals surface area (Å²) in [7, 11) is 0. The van der Waals surface area contributed by atoms with Crippen LogP contribution in [0.3, 0.4) is 0 Å². The van der Waals surface area contributed by atoms with Crippen LogP contribution in [-0.2, 0) is 0 Å². The Bertz CT molecular complexity index is 409. The second kappa shape index (κ2) is 7.35. The number of hydrogen-bond acceptors (Lipinski definition) is 2. The molecule has 17 heavy (non-hydrogen) atoms. The number of nitrogen functional groups attached to an aromatic ring is 1. The van der Waals surface area contributed by atoms with Crippen LogP contribution in [-0.4, -0.2) is 11.9 Å². The fourth-order valence-electron chi connectivity index (χ4n) is 1.35. The third-order valence-electron chi connectivity index (χ3n) is 2.16. The zero-order chi connectivity index (χ0) is 12.1. The lowest BCUT2D eigenvalue weighted by Crippen LogP contribution is -2.32. The van der Waals surface area contributed by atoms with Crippen molar-refractivity contribution in [2.45, 2.75) is 19.4 Å². The van der Waals surface area contributed by atoms with Gasteiger partial charge in [0.2, 0.25) is 0 Å². The molecule has 1 aromatic carbocycles. The van der Waals surface area contributed by atoms with Crippen molar-refractivity contribution in [3.63, 3.8) is 0 Å². The van der Waals surface area contributed by atoms with Gasteiger partial charge in [-0.2, -0.15) is 0 Å². The molecule has 0 saturated carbocycles. The first-order chi connectivity index (χ1) is 7.54. The van der Waals surface area contributed by atoms with Crippen LogP contribution in [0.5, 0.6) is 0 Å². The summed E-state index contributed by atoms with van der Waals surface area (Å²) in [6.45, 7) is 5.55. The van der Waals surface area contributed by atoms with Crippen molar-refractivity contribution in [2.24, 2.45) is 0 Å². The van der Waals surface area contributed by atoms with Crippen LogP contribution in [0.4, 0.5) is 5.69 Å². The maximum absolute atomic E-state index is 11.8. The third kappa shape index (κ3) is 4.79. The van der Waals surface area contributed by atoms with Crippen molar-refractivity contribution < 1.29 is 4.79 Å². The minimum absolute atomic E-state index is 0. The molecule has 1 atom stereocenters. The van der Waals surface area contributed by atoms with E-state index in [1.165, 1.54) is 0 Å². The molecule has 94 valence electrons. The molecule has 3 N–H and O–H groups in total. The highest BCUT2D eigenvalue weighted by Crippen LogP contribution is 2.18. The molecule has 1 unspecified atom stereocenters. The molecular formula is C12H16BrClN2O. The van der Waals surface area contributed by atoms with E-state index in [2.05, 4.69) is 27.8 Å². The number of nitrogens with two attached hydrogens (primary N) is 1. The molecule has 0 saturated heterocycles. The number of carbonyl (C=O) groups excluding carboxylic acids is 1. The van der Waals surface area contributed by atoms with Crippen LogP contribution in [0.25, 0.3) is 0 Å². The molecule has 1 amide bonds. The topological polar surface area (TPSA) is 55.1 Å². The number of anilines is 1. The molecule has 3 nitrogen and oxygen atoms in total. The van der Waals surface area contributed by atoms with E-state index in [0.29, 0.717) is 11.3 Å². The van der Waals surface area contributed by atoms with E-state index in [1.807, 2.05) is 6.92 Å². The van der Waals surface area contributed by atoms with E-state index >= 15 is 0 Å². The number of nitrogens with one attached hydrogen (secondary N) is 1. The van der Waals surface area contributed by atoms with Crippen molar-refractivity contribution in [2.75, 3.05) is 5.73 Å². The standard InChI is InChI=1S/C12H15BrN2O.ClH/c1-3-4-8(2)15-12(16)10-6-5-9(13)7-11(10)14;/h3,5-8H,1,4,14H2,2H3,(H,15,16);1H. The summed E-state index contributed by atoms with van der Waals surface area (Å²) in [6, 6.07) is 5.28. The highest BCUT2D eigenvalue weighted by Gasteiger charge is 2.11. The lowest BCUT2D eigenvalue weighted by Gasteiger charge is -2.12. The van der Waals surface area contributed by atoms with Crippen LogP contribution < -0.4 is 11.1 Å². The monoisotopic (exact) mass is 318 g/mol. The Hall–Kier alpha value is -1.00. The Morgan fingerprint density at radius 1 is 1.65 bits per heavy atom. The number of halogens is 2. The molecule has 1 aromatic rings. The minimum Gasteiger partial charge on any atom is -0.398 e. The van der Waals surface area contributed by atoms with Crippen LogP contribution in [0.2, 0.25) is 0 Å². The SMILES string of the molecule is C=CCC(C)NC(=O)c1ccc(Br)cc1N.Cl. The van der Waals surface area contributed by atoms with Gasteiger partial charge in [-0.25, -0.2) is 0 Å². The fraction of sp³-hybridized carbons (Fsp3) is 0.250. The molecule has 0 aromatic heterocycles. The lowest BCUT2D eigenvalue weighted by molar-refractivity contribution is 0.0941. The van der Waals surface area contributed by atoms with E-state index < -0.39 is 0 Å². The number of hydrogen-bond donors (Lipinski definition) is 2. The van der Waals surface area contributed by atoms with E-state index in [0.717, 1.165) is 10.9 Å². The lowest BCUT2D eigenvalue weighted by atomic mass is 10.1. The smallest absolute Gasteiger partial charge is 0.253 e. The van der Waals surface area contributed by atoms with Gasteiger partial charge in [-0.15, -0.1) is 19.0 Å². The number of benzene rings is 1. The number of carbonyl (C=O) groups is 1. The van der Waals surface area contributed by atoms with Crippen LogP contribution in [0.15, 0.2) is 35.3 Å². The van der Waals surface area contributed by atoms with Crippen molar-refractivity contribution in [3.8, 4) is 0 Å². The van der Waals surface area contributed by atoms with Crippen LogP contribution in [0, 0.1) is 0 Å². The summed E-state index contributed by atoms with van der Waals surface area (Å²) in [5, 5.41) is 2.85. The molecule has 0 radical (unpaired) electrons. The van der Waals surface area contributed by atoms with Crippen molar-refractivity contribution >= 4 is 39.9 Å². The molecule has 0 spiro atoms. The molecular weight excluding hydrogens is 304 g/mol. The molecule has 0 fully saturated rings. The number of rotatable bonds is 4. The summed E-state index contributed by atoms with van der Waals surface area (Å²) >= 11 is 3.30. The summed E-state index contributed by atoms with van der Waals surface area (Å²) in [4.78, 5) is 11.8. The average molecular weight is 320 g/mol. The van der Waals surface area contributed by atoms with Crippen molar-refractivity contribution in [3.05, 3.63) is 40.9 Å². The van der Waals surface area contributed by atoms with Gasteiger partial charge in [-0.3, -0.25) is 4.79 Å². The molecule has 0 aliphatic carbocycles. The molecule has 5 heteroatoms. The van der Waals surface area contributed by atoms with Gasteiger partial charge in [-0.1, -0.05) is 22.0 Å². The second-order valence-corrected chi connectivity index (χ2v) is 4.55. The van der Waals surface area contributed by atoms with Gasteiger partial charge in [0.25, 0.3) is 5.91 Å². The highest BCUT2D eigenvalue weighted by atomic mass is 79.9. The first-order valence-electron chi connectivity index (χ1n) is 5.01. The van der Waals surface area contributed by atoms with Gasteiger partial charge in [0, 0.05) is 16.2 Å². The van der Waals surface area contributed by atoms with Gasteiger partial charge < -0.3 is 11.1 Å². The average Bonchev–Trinajstić information content (AvgIpc) is 2.17. The molecule has 1 rings (SSSR count). The van der Waals surface area contributed by atoms with Crippen LogP contribution >= 0.6 is 28.3 Å². The summed E-state index contributed by atoms with van der Waals surface area (Å²) in [5.74, 6) is -0.153. The van der Waals surface area contributed by atoms with Crippen molar-refractivity contribution in [1.29, 1.82) is 0 Å². The largest absolute Gasteiger partial charge is 0.398 e. The highest BCUT2D eigenvalue weighted by molar-refractivity contribution is 9.10. The quantitative estimate of drug-likeness (QED) is 0.661. The first kappa shape index (κ1) is 16.0. The fourth-order valence-corrected chi connectivity index (χ4v) is 1.73. The first-order valence-corrected chi connectivity index (χ1v) is 5.80. The molecule has 0 bridgehead atoms. The second-order valence-electron chi connectivity index (χ2n) is 3.63. The van der Waals surface area contributed by atoms with Gasteiger partial charge in [0.15, 0.2) is 0 Å². The van der Waals surface area contributed by atoms with E-state index in [1.54, 1.807) is 24.3 Å². The normalized spacial score (nSPS) is 11.2. The number of amides is 1. The summed E-state index contributed by atoms with van der Waals surface area (Å²) < 4.78 is 0.862. The Kier molecular flexibility index (Phi) is 6.92. The Morgan fingerprint density at radius 2 is 2.29 bits per heavy atom. The van der Waals surface area contributed by atoms with E-state index in [-0.39, 0.29) is 24.4 Å². The zero-order valence-corrected chi connectivity index (χ0v) is 12.0. The molecule has 0 aliphatic heterocycles. The molecule has 0 heterocycles. The minimum atomic E-state index is -0.153. The maximum atomic E-state index is 11.8. The Balaban J connectivity index is 0.00000256. The van der Waals surface area contributed by atoms with E-state index in [4.69, 9.17) is 5.73 Å². The van der Waals surface area contributed by atoms with E-state index in [9.17, 15) is 4.79 Å². The van der Waals surface area contributed by atoms with Gasteiger partial charge in [-0.05, 0) is 31.5 Å². The predicted octanol–water partition coefficient (Wildman–Crippen LogP) is 3.15. The zero-order valence-electron chi connectivity index (χ0n) is 9.57. The van der Waals surface area contributed by atoms with Gasteiger partial charge in [0.1, 0.15) is 0 Å².